The first kappa shape index (κ1) is 19.8. The SMILES string of the molecule is CCCCCCCC(CC(OC)(OC)OC)OOCC1CO1. The van der Waals surface area contributed by atoms with E-state index in [1.54, 1.807) is 21.3 Å². The van der Waals surface area contributed by atoms with E-state index in [1.807, 2.05) is 0 Å². The Morgan fingerprint density at radius 2 is 1.68 bits per heavy atom. The summed E-state index contributed by atoms with van der Waals surface area (Å²) in [5.74, 6) is -1.09. The monoisotopic (exact) mass is 320 g/mol. The second-order valence-corrected chi connectivity index (χ2v) is 5.66. The van der Waals surface area contributed by atoms with Crippen molar-refractivity contribution in [1.29, 1.82) is 0 Å². The Hall–Kier alpha value is -0.240. The molecular weight excluding hydrogens is 288 g/mol. The Morgan fingerprint density at radius 1 is 1.05 bits per heavy atom. The van der Waals surface area contributed by atoms with Crippen LogP contribution in [0.3, 0.4) is 0 Å². The highest BCUT2D eigenvalue weighted by molar-refractivity contribution is 4.68. The molecule has 0 bridgehead atoms. The number of unbranched alkanes of at least 4 members (excludes halogenated alkanes) is 4. The minimum atomic E-state index is -1.09. The molecule has 1 aliphatic rings. The lowest BCUT2D eigenvalue weighted by molar-refractivity contribution is -0.390. The number of hydrogen-bond donors (Lipinski definition) is 0. The van der Waals surface area contributed by atoms with Crippen LogP contribution in [-0.4, -0.2) is 52.7 Å². The van der Waals surface area contributed by atoms with Gasteiger partial charge in [-0.05, 0) is 6.42 Å². The van der Waals surface area contributed by atoms with Gasteiger partial charge in [0, 0.05) is 21.3 Å². The van der Waals surface area contributed by atoms with E-state index in [4.69, 9.17) is 28.7 Å². The van der Waals surface area contributed by atoms with Gasteiger partial charge >= 0.3 is 0 Å². The Balaban J connectivity index is 2.36. The summed E-state index contributed by atoms with van der Waals surface area (Å²) in [7, 11) is 4.68. The molecule has 22 heavy (non-hydrogen) atoms. The lowest BCUT2D eigenvalue weighted by Gasteiger charge is -2.31. The van der Waals surface area contributed by atoms with Gasteiger partial charge in [-0.15, -0.1) is 0 Å². The molecule has 1 fully saturated rings. The Kier molecular flexibility index (Phi) is 10.2. The van der Waals surface area contributed by atoms with Crippen LogP contribution in [0.4, 0.5) is 0 Å². The van der Waals surface area contributed by atoms with Crippen LogP contribution in [0.1, 0.15) is 51.9 Å². The summed E-state index contributed by atoms with van der Waals surface area (Å²) in [5.41, 5.74) is 0. The topological polar surface area (TPSA) is 58.7 Å². The molecule has 0 aromatic carbocycles. The van der Waals surface area contributed by atoms with E-state index < -0.39 is 5.97 Å². The van der Waals surface area contributed by atoms with Crippen molar-refractivity contribution < 1.29 is 28.7 Å². The highest BCUT2D eigenvalue weighted by Crippen LogP contribution is 2.24. The molecule has 0 amide bonds. The summed E-state index contributed by atoms with van der Waals surface area (Å²) in [6.45, 7) is 3.43. The Morgan fingerprint density at radius 3 is 2.23 bits per heavy atom. The molecule has 2 atom stereocenters. The van der Waals surface area contributed by atoms with Crippen LogP contribution in [0.25, 0.3) is 0 Å². The summed E-state index contributed by atoms with van der Waals surface area (Å²) in [5, 5.41) is 0. The average molecular weight is 320 g/mol. The normalized spacial score (nSPS) is 19.4. The van der Waals surface area contributed by atoms with E-state index in [-0.39, 0.29) is 12.2 Å². The second-order valence-electron chi connectivity index (χ2n) is 5.66. The van der Waals surface area contributed by atoms with Crippen LogP contribution < -0.4 is 0 Å². The van der Waals surface area contributed by atoms with Crippen LogP contribution in [0, 0.1) is 0 Å². The van der Waals surface area contributed by atoms with Crippen molar-refractivity contribution in [2.24, 2.45) is 0 Å². The Labute approximate surface area is 134 Å². The molecule has 0 N–H and O–H groups in total. The van der Waals surface area contributed by atoms with E-state index in [9.17, 15) is 0 Å². The molecule has 1 saturated heterocycles. The van der Waals surface area contributed by atoms with Crippen LogP contribution in [-0.2, 0) is 28.7 Å². The van der Waals surface area contributed by atoms with Gasteiger partial charge in [-0.3, -0.25) is 0 Å². The highest BCUT2D eigenvalue weighted by atomic mass is 17.2. The Bertz CT molecular complexity index is 257. The molecule has 1 aliphatic heterocycles. The van der Waals surface area contributed by atoms with Crippen molar-refractivity contribution in [1.82, 2.24) is 0 Å². The van der Waals surface area contributed by atoms with Gasteiger partial charge in [0.1, 0.15) is 18.8 Å². The predicted molar refractivity (Wildman–Crippen MR) is 82.3 cm³/mol. The second kappa shape index (κ2) is 11.3. The molecule has 0 aromatic heterocycles. The smallest absolute Gasteiger partial charge is 0.284 e. The summed E-state index contributed by atoms with van der Waals surface area (Å²) in [6.07, 6.45) is 7.43. The van der Waals surface area contributed by atoms with Gasteiger partial charge in [-0.25, -0.2) is 9.78 Å². The largest absolute Gasteiger partial charge is 0.370 e. The fraction of sp³-hybridized carbons (Fsp3) is 1.00. The fourth-order valence-electron chi connectivity index (χ4n) is 2.31. The molecule has 0 aliphatic carbocycles. The number of hydrogen-bond acceptors (Lipinski definition) is 6. The van der Waals surface area contributed by atoms with Crippen LogP contribution >= 0.6 is 0 Å². The molecule has 0 spiro atoms. The molecule has 1 heterocycles. The number of ether oxygens (including phenoxy) is 4. The third-order valence-corrected chi connectivity index (χ3v) is 3.90. The zero-order chi connectivity index (χ0) is 16.3. The molecule has 0 aromatic rings. The minimum absolute atomic E-state index is 0.139. The minimum Gasteiger partial charge on any atom is -0.370 e. The van der Waals surface area contributed by atoms with Gasteiger partial charge in [-0.1, -0.05) is 39.0 Å². The molecule has 6 nitrogen and oxygen atoms in total. The molecule has 2 unspecified atom stereocenters. The van der Waals surface area contributed by atoms with Crippen molar-refractivity contribution >= 4 is 0 Å². The van der Waals surface area contributed by atoms with Crippen LogP contribution in [0.15, 0.2) is 0 Å². The highest BCUT2D eigenvalue weighted by Gasteiger charge is 2.34. The summed E-state index contributed by atoms with van der Waals surface area (Å²) < 4.78 is 21.1. The number of methoxy groups -OCH3 is 3. The first-order valence-electron chi connectivity index (χ1n) is 8.25. The third-order valence-electron chi connectivity index (χ3n) is 3.90. The van der Waals surface area contributed by atoms with Crippen LogP contribution in [0.5, 0.6) is 0 Å². The number of epoxide rings is 1. The zero-order valence-electron chi connectivity index (χ0n) is 14.5. The van der Waals surface area contributed by atoms with Crippen molar-refractivity contribution in [2.45, 2.75) is 70.1 Å². The fourth-order valence-corrected chi connectivity index (χ4v) is 2.31. The van der Waals surface area contributed by atoms with Crippen LogP contribution in [0.2, 0.25) is 0 Å². The van der Waals surface area contributed by atoms with E-state index in [0.717, 1.165) is 19.4 Å². The van der Waals surface area contributed by atoms with Crippen molar-refractivity contribution in [3.8, 4) is 0 Å². The first-order chi connectivity index (χ1) is 10.7. The van der Waals surface area contributed by atoms with Gasteiger partial charge < -0.3 is 18.9 Å². The van der Waals surface area contributed by atoms with E-state index in [2.05, 4.69) is 6.92 Å². The molecular formula is C16H32O6. The van der Waals surface area contributed by atoms with Gasteiger partial charge in [0.2, 0.25) is 0 Å². The molecule has 0 saturated carbocycles. The average Bonchev–Trinajstić information content (AvgIpc) is 3.36. The van der Waals surface area contributed by atoms with Gasteiger partial charge in [0.05, 0.1) is 13.0 Å². The summed E-state index contributed by atoms with van der Waals surface area (Å²) >= 11 is 0. The number of rotatable bonds is 15. The summed E-state index contributed by atoms with van der Waals surface area (Å²) in [6, 6.07) is 0. The molecule has 132 valence electrons. The maximum absolute atomic E-state index is 5.54. The molecule has 1 rings (SSSR count). The predicted octanol–water partition coefficient (Wildman–Crippen LogP) is 3.05. The van der Waals surface area contributed by atoms with Gasteiger partial charge in [0.15, 0.2) is 0 Å². The lowest BCUT2D eigenvalue weighted by Crippen LogP contribution is -2.40. The van der Waals surface area contributed by atoms with Gasteiger partial charge in [-0.2, -0.15) is 0 Å². The molecule has 0 radical (unpaired) electrons. The maximum Gasteiger partial charge on any atom is 0.284 e. The van der Waals surface area contributed by atoms with Crippen molar-refractivity contribution in [3.05, 3.63) is 0 Å². The first-order valence-corrected chi connectivity index (χ1v) is 8.25. The van der Waals surface area contributed by atoms with E-state index in [0.29, 0.717) is 13.0 Å². The molecule has 6 heteroatoms. The van der Waals surface area contributed by atoms with Crippen molar-refractivity contribution in [2.75, 3.05) is 34.5 Å². The lowest BCUT2D eigenvalue weighted by atomic mass is 10.1. The van der Waals surface area contributed by atoms with E-state index in [1.165, 1.54) is 25.7 Å². The zero-order valence-corrected chi connectivity index (χ0v) is 14.5. The van der Waals surface area contributed by atoms with Gasteiger partial charge in [0.25, 0.3) is 5.97 Å². The third kappa shape index (κ3) is 7.85. The van der Waals surface area contributed by atoms with E-state index >= 15 is 0 Å². The summed E-state index contributed by atoms with van der Waals surface area (Å²) in [4.78, 5) is 10.8. The standard InChI is InChI=1S/C16H32O6/c1-5-6-7-8-9-10-14(22-21-13-15-12-20-15)11-16(17-2,18-3)19-4/h14-15H,5-13H2,1-4H3. The van der Waals surface area contributed by atoms with Crippen molar-refractivity contribution in [3.63, 3.8) is 0 Å². The maximum atomic E-state index is 5.54. The quantitative estimate of drug-likeness (QED) is 0.152.